The summed E-state index contributed by atoms with van der Waals surface area (Å²) >= 11 is 0. The molecule has 1 aromatic heterocycles. The molecule has 0 amide bonds. The molecule has 1 aliphatic rings. The van der Waals surface area contributed by atoms with E-state index in [1.54, 1.807) is 6.07 Å². The highest BCUT2D eigenvalue weighted by atomic mass is 15.2. The van der Waals surface area contributed by atoms with E-state index < -0.39 is 0 Å². The fourth-order valence-corrected chi connectivity index (χ4v) is 2.28. The van der Waals surface area contributed by atoms with Gasteiger partial charge in [-0.2, -0.15) is 5.26 Å². The first-order valence-corrected chi connectivity index (χ1v) is 6.15. The number of nitrogens with one attached hydrogen (secondary N) is 1. The molecule has 18 heavy (non-hydrogen) atoms. The van der Waals surface area contributed by atoms with Crippen molar-refractivity contribution in [1.29, 1.82) is 5.26 Å². The monoisotopic (exact) mass is 245 g/mol. The maximum atomic E-state index is 8.89. The van der Waals surface area contributed by atoms with Gasteiger partial charge in [-0.25, -0.2) is 4.98 Å². The van der Waals surface area contributed by atoms with Crippen LogP contribution >= 0.6 is 0 Å². The van der Waals surface area contributed by atoms with E-state index in [2.05, 4.69) is 29.3 Å². The summed E-state index contributed by atoms with van der Waals surface area (Å²) in [6, 6.07) is 5.53. The minimum atomic E-state index is 0.232. The van der Waals surface area contributed by atoms with Crippen LogP contribution in [0.5, 0.6) is 0 Å². The van der Waals surface area contributed by atoms with Crippen LogP contribution in [0.2, 0.25) is 0 Å². The molecule has 0 aromatic carbocycles. The fourth-order valence-electron chi connectivity index (χ4n) is 2.28. The highest BCUT2D eigenvalue weighted by Crippen LogP contribution is 2.36. The number of pyridine rings is 1. The number of hydrogen-bond acceptors (Lipinski definition) is 5. The molecule has 96 valence electrons. The van der Waals surface area contributed by atoms with Gasteiger partial charge in [0.2, 0.25) is 0 Å². The van der Waals surface area contributed by atoms with E-state index in [1.165, 1.54) is 19.3 Å². The quantitative estimate of drug-likeness (QED) is 0.839. The lowest BCUT2D eigenvalue weighted by molar-refractivity contribution is 0.0738. The number of nitriles is 1. The molecule has 3 N–H and O–H groups in total. The van der Waals surface area contributed by atoms with E-state index >= 15 is 0 Å². The Balaban J connectivity index is 2.04. The molecule has 5 heteroatoms. The lowest BCUT2D eigenvalue weighted by Crippen LogP contribution is -2.54. The van der Waals surface area contributed by atoms with Crippen LogP contribution in [0.15, 0.2) is 12.1 Å². The first kappa shape index (κ1) is 12.7. The van der Waals surface area contributed by atoms with Crippen molar-refractivity contribution in [2.75, 3.05) is 31.7 Å². The van der Waals surface area contributed by atoms with Gasteiger partial charge in [0, 0.05) is 12.1 Å². The van der Waals surface area contributed by atoms with Gasteiger partial charge in [-0.1, -0.05) is 0 Å². The molecule has 1 fully saturated rings. The first-order valence-electron chi connectivity index (χ1n) is 6.15. The number of rotatable bonds is 4. The van der Waals surface area contributed by atoms with Crippen LogP contribution < -0.4 is 11.1 Å². The third-order valence-electron chi connectivity index (χ3n) is 3.86. The summed E-state index contributed by atoms with van der Waals surface area (Å²) in [7, 11) is 4.22. The number of likely N-dealkylation sites (N-methyl/N-ethyl adjacent to an activating group) is 1. The lowest BCUT2D eigenvalue weighted by Gasteiger charge is -2.47. The molecular weight excluding hydrogens is 226 g/mol. The second-order valence-electron chi connectivity index (χ2n) is 5.07. The molecule has 1 aromatic rings. The van der Waals surface area contributed by atoms with Crippen LogP contribution in [0, 0.1) is 11.3 Å². The molecule has 0 atom stereocenters. The van der Waals surface area contributed by atoms with E-state index in [9.17, 15) is 0 Å². The van der Waals surface area contributed by atoms with Gasteiger partial charge in [0.05, 0.1) is 5.69 Å². The zero-order valence-electron chi connectivity index (χ0n) is 10.9. The Labute approximate surface area is 108 Å². The van der Waals surface area contributed by atoms with Crippen LogP contribution in [0.3, 0.4) is 0 Å². The Bertz CT molecular complexity index is 471. The van der Waals surface area contributed by atoms with Crippen molar-refractivity contribution in [3.63, 3.8) is 0 Å². The van der Waals surface area contributed by atoms with Crippen LogP contribution in [-0.4, -0.2) is 36.1 Å². The van der Waals surface area contributed by atoms with Gasteiger partial charge in [0.25, 0.3) is 0 Å². The lowest BCUT2D eigenvalue weighted by atomic mass is 9.75. The summed E-state index contributed by atoms with van der Waals surface area (Å²) in [5.41, 5.74) is 6.59. The molecular formula is C13H19N5. The molecule has 0 saturated heterocycles. The third kappa shape index (κ3) is 2.24. The highest BCUT2D eigenvalue weighted by molar-refractivity contribution is 5.54. The Morgan fingerprint density at radius 2 is 2.22 bits per heavy atom. The second-order valence-corrected chi connectivity index (χ2v) is 5.07. The molecule has 0 unspecified atom stereocenters. The maximum absolute atomic E-state index is 8.89. The van der Waals surface area contributed by atoms with Crippen LogP contribution in [0.25, 0.3) is 0 Å². The van der Waals surface area contributed by atoms with E-state index in [0.29, 0.717) is 11.5 Å². The summed E-state index contributed by atoms with van der Waals surface area (Å²) in [4.78, 5) is 6.47. The van der Waals surface area contributed by atoms with Gasteiger partial charge in [0.15, 0.2) is 5.69 Å². The molecule has 5 nitrogen and oxygen atoms in total. The van der Waals surface area contributed by atoms with Gasteiger partial charge in [-0.15, -0.1) is 0 Å². The van der Waals surface area contributed by atoms with Crippen LogP contribution in [-0.2, 0) is 0 Å². The SMILES string of the molecule is CN(C)C1(CNc2ccc(N)c(C#N)n2)CCC1. The summed E-state index contributed by atoms with van der Waals surface area (Å²) in [5, 5.41) is 12.2. The predicted molar refractivity (Wildman–Crippen MR) is 72.1 cm³/mol. The van der Waals surface area contributed by atoms with E-state index in [4.69, 9.17) is 11.0 Å². The van der Waals surface area contributed by atoms with Crippen molar-refractivity contribution in [3.8, 4) is 6.07 Å². The second kappa shape index (κ2) is 4.83. The number of hydrogen-bond donors (Lipinski definition) is 2. The van der Waals surface area contributed by atoms with Crippen molar-refractivity contribution in [2.24, 2.45) is 0 Å². The molecule has 1 heterocycles. The average molecular weight is 245 g/mol. The topological polar surface area (TPSA) is 78.0 Å². The summed E-state index contributed by atoms with van der Waals surface area (Å²) < 4.78 is 0. The van der Waals surface area contributed by atoms with E-state index in [-0.39, 0.29) is 11.2 Å². The zero-order valence-corrected chi connectivity index (χ0v) is 10.9. The van der Waals surface area contributed by atoms with Gasteiger partial charge < -0.3 is 16.0 Å². The summed E-state index contributed by atoms with van der Waals surface area (Å²) in [6.07, 6.45) is 3.68. The predicted octanol–water partition coefficient (Wildman–Crippen LogP) is 1.43. The van der Waals surface area contributed by atoms with Crippen molar-refractivity contribution in [3.05, 3.63) is 17.8 Å². The number of nitrogens with zero attached hydrogens (tertiary/aromatic N) is 3. The van der Waals surface area contributed by atoms with Gasteiger partial charge in [0.1, 0.15) is 11.9 Å². The van der Waals surface area contributed by atoms with Crippen LogP contribution in [0.1, 0.15) is 25.0 Å². The van der Waals surface area contributed by atoms with Gasteiger partial charge in [-0.05, 0) is 45.5 Å². The molecule has 0 aliphatic heterocycles. The van der Waals surface area contributed by atoms with E-state index in [1.807, 2.05) is 12.1 Å². The fraction of sp³-hybridized carbons (Fsp3) is 0.538. The molecule has 1 saturated carbocycles. The molecule has 2 rings (SSSR count). The minimum Gasteiger partial charge on any atom is -0.396 e. The molecule has 0 spiro atoms. The van der Waals surface area contributed by atoms with E-state index in [0.717, 1.165) is 6.54 Å². The molecule has 0 bridgehead atoms. The number of nitrogen functional groups attached to an aromatic ring is 1. The zero-order chi connectivity index (χ0) is 13.2. The first-order chi connectivity index (χ1) is 8.57. The summed E-state index contributed by atoms with van der Waals surface area (Å²) in [6.45, 7) is 0.849. The van der Waals surface area contributed by atoms with Gasteiger partial charge >= 0.3 is 0 Å². The molecule has 1 aliphatic carbocycles. The minimum absolute atomic E-state index is 0.232. The normalized spacial score (nSPS) is 17.0. The Morgan fingerprint density at radius 1 is 1.50 bits per heavy atom. The van der Waals surface area contributed by atoms with Crippen molar-refractivity contribution >= 4 is 11.5 Å². The average Bonchev–Trinajstić information content (AvgIpc) is 2.29. The Morgan fingerprint density at radius 3 is 2.72 bits per heavy atom. The van der Waals surface area contributed by atoms with Crippen molar-refractivity contribution < 1.29 is 0 Å². The standard InChI is InChI=1S/C13H19N5/c1-18(2)13(6-3-7-13)9-16-12-5-4-10(15)11(8-14)17-12/h4-5H,3,6-7,9,15H2,1-2H3,(H,16,17). The van der Waals surface area contributed by atoms with Crippen LogP contribution in [0.4, 0.5) is 11.5 Å². The highest BCUT2D eigenvalue weighted by Gasteiger charge is 2.38. The van der Waals surface area contributed by atoms with Crippen molar-refractivity contribution in [1.82, 2.24) is 9.88 Å². The Kier molecular flexibility index (Phi) is 3.39. The maximum Gasteiger partial charge on any atom is 0.165 e. The van der Waals surface area contributed by atoms with Crippen molar-refractivity contribution in [2.45, 2.75) is 24.8 Å². The number of aromatic nitrogens is 1. The molecule has 0 radical (unpaired) electrons. The number of nitrogens with two attached hydrogens (primary N) is 1. The number of anilines is 2. The largest absolute Gasteiger partial charge is 0.396 e. The van der Waals surface area contributed by atoms with Gasteiger partial charge in [-0.3, -0.25) is 0 Å². The summed E-state index contributed by atoms with van der Waals surface area (Å²) in [5.74, 6) is 0.717. The third-order valence-corrected chi connectivity index (χ3v) is 3.86. The smallest absolute Gasteiger partial charge is 0.165 e. The Hall–Kier alpha value is -1.80.